The van der Waals surface area contributed by atoms with Crippen LogP contribution >= 0.6 is 21.6 Å². The summed E-state index contributed by atoms with van der Waals surface area (Å²) in [5.74, 6) is 0. The zero-order valence-electron chi connectivity index (χ0n) is 8.47. The van der Waals surface area contributed by atoms with Gasteiger partial charge in [0.2, 0.25) is 0 Å². The van der Waals surface area contributed by atoms with Gasteiger partial charge in [-0.25, -0.2) is 0 Å². The van der Waals surface area contributed by atoms with Gasteiger partial charge in [0.15, 0.2) is 12.5 Å². The fourth-order valence-corrected chi connectivity index (χ4v) is 3.11. The molecule has 2 aromatic heterocycles. The molecule has 0 aliphatic heterocycles. The Morgan fingerprint density at radius 1 is 0.833 bits per heavy atom. The van der Waals surface area contributed by atoms with Crippen LogP contribution in [0.5, 0.6) is 0 Å². The lowest BCUT2D eigenvalue weighted by Crippen LogP contribution is -1.86. The van der Waals surface area contributed by atoms with E-state index in [1.54, 1.807) is 0 Å². The van der Waals surface area contributed by atoms with Crippen molar-refractivity contribution < 1.29 is 18.7 Å². The standard InChI is InChI=1S/C8H4N2O6S2/c11-9(12)5-1-15-3-7(5)17-18-8-4-16-2-6(8)10(13)14/h1-4H. The van der Waals surface area contributed by atoms with E-state index in [-0.39, 0.29) is 21.2 Å². The highest BCUT2D eigenvalue weighted by Crippen LogP contribution is 2.45. The molecule has 0 aromatic carbocycles. The largest absolute Gasteiger partial charge is 0.464 e. The van der Waals surface area contributed by atoms with Gasteiger partial charge in [-0.3, -0.25) is 20.2 Å². The minimum Gasteiger partial charge on any atom is -0.464 e. The van der Waals surface area contributed by atoms with E-state index < -0.39 is 9.85 Å². The Kier molecular flexibility index (Phi) is 3.58. The van der Waals surface area contributed by atoms with E-state index >= 15 is 0 Å². The second kappa shape index (κ2) is 5.14. The van der Waals surface area contributed by atoms with Gasteiger partial charge in [-0.05, 0) is 21.6 Å². The number of rotatable bonds is 5. The maximum atomic E-state index is 10.6. The first kappa shape index (κ1) is 12.5. The molecule has 0 radical (unpaired) electrons. The highest BCUT2D eigenvalue weighted by atomic mass is 33.1. The molecule has 0 fully saturated rings. The molecule has 2 heterocycles. The first-order chi connectivity index (χ1) is 8.59. The summed E-state index contributed by atoms with van der Waals surface area (Å²) in [6.07, 6.45) is 4.43. The molecule has 18 heavy (non-hydrogen) atoms. The van der Waals surface area contributed by atoms with Crippen LogP contribution in [-0.2, 0) is 0 Å². The fourth-order valence-electron chi connectivity index (χ4n) is 1.04. The van der Waals surface area contributed by atoms with E-state index in [0.29, 0.717) is 0 Å². The Labute approximate surface area is 107 Å². The Hall–Kier alpha value is -1.94. The van der Waals surface area contributed by atoms with Crippen LogP contribution in [0.15, 0.2) is 43.7 Å². The Morgan fingerprint density at radius 3 is 1.56 bits per heavy atom. The molecule has 0 bridgehead atoms. The molecule has 0 saturated carbocycles. The fraction of sp³-hybridized carbons (Fsp3) is 0. The van der Waals surface area contributed by atoms with Crippen LogP contribution in [-0.4, -0.2) is 9.85 Å². The lowest BCUT2D eigenvalue weighted by Gasteiger charge is -1.94. The molecule has 94 valence electrons. The minimum atomic E-state index is -0.587. The molecule has 2 aromatic rings. The molecular formula is C8H4N2O6S2. The third-order valence-corrected chi connectivity index (χ3v) is 4.21. The third kappa shape index (κ3) is 2.49. The van der Waals surface area contributed by atoms with Crippen LogP contribution in [0.25, 0.3) is 0 Å². The Bertz CT molecular complexity index is 540. The molecule has 2 rings (SSSR count). The number of hydrogen-bond donors (Lipinski definition) is 0. The van der Waals surface area contributed by atoms with Gasteiger partial charge in [0.1, 0.15) is 22.3 Å². The Morgan fingerprint density at radius 2 is 1.22 bits per heavy atom. The lowest BCUT2D eigenvalue weighted by atomic mass is 10.5. The first-order valence-corrected chi connectivity index (χ1v) is 6.50. The van der Waals surface area contributed by atoms with Gasteiger partial charge in [-0.15, -0.1) is 0 Å². The second-order valence-corrected chi connectivity index (χ2v) is 5.14. The molecule has 0 aliphatic rings. The summed E-state index contributed by atoms with van der Waals surface area (Å²) in [6, 6.07) is 0. The quantitative estimate of drug-likeness (QED) is 0.466. The van der Waals surface area contributed by atoms with Crippen LogP contribution in [0.2, 0.25) is 0 Å². The van der Waals surface area contributed by atoms with Crippen LogP contribution in [0, 0.1) is 20.2 Å². The molecule has 8 nitrogen and oxygen atoms in total. The maximum absolute atomic E-state index is 10.6. The molecule has 10 heteroatoms. The van der Waals surface area contributed by atoms with Crippen molar-refractivity contribution in [1.82, 2.24) is 0 Å². The summed E-state index contributed by atoms with van der Waals surface area (Å²) >= 11 is 0. The van der Waals surface area contributed by atoms with Gasteiger partial charge in [-0.2, -0.15) is 0 Å². The van der Waals surface area contributed by atoms with E-state index in [4.69, 9.17) is 8.83 Å². The highest BCUT2D eigenvalue weighted by Gasteiger charge is 2.21. The van der Waals surface area contributed by atoms with Crippen LogP contribution in [0.1, 0.15) is 0 Å². The number of furan rings is 2. The van der Waals surface area contributed by atoms with E-state index in [9.17, 15) is 20.2 Å². The average molecular weight is 288 g/mol. The van der Waals surface area contributed by atoms with Gasteiger partial charge in [0, 0.05) is 0 Å². The number of hydrogen-bond acceptors (Lipinski definition) is 8. The number of nitrogens with zero attached hydrogens (tertiary/aromatic N) is 2. The minimum absolute atomic E-state index is 0.182. The second-order valence-electron chi connectivity index (χ2n) is 2.92. The summed E-state index contributed by atoms with van der Waals surface area (Å²) in [5.41, 5.74) is -0.364. The summed E-state index contributed by atoms with van der Waals surface area (Å²) in [4.78, 5) is 20.6. The third-order valence-electron chi connectivity index (χ3n) is 1.83. The van der Waals surface area contributed by atoms with Gasteiger partial charge in [0.25, 0.3) is 0 Å². The molecule has 0 unspecified atom stereocenters. The summed E-state index contributed by atoms with van der Waals surface area (Å²) in [6.45, 7) is 0. The van der Waals surface area contributed by atoms with Crippen LogP contribution in [0.3, 0.4) is 0 Å². The van der Waals surface area contributed by atoms with Crippen molar-refractivity contribution in [3.05, 3.63) is 45.3 Å². The van der Waals surface area contributed by atoms with Crippen LogP contribution < -0.4 is 0 Å². The van der Waals surface area contributed by atoms with E-state index in [1.807, 2.05) is 0 Å². The van der Waals surface area contributed by atoms with Crippen molar-refractivity contribution in [3.8, 4) is 0 Å². The highest BCUT2D eigenvalue weighted by molar-refractivity contribution is 8.76. The Balaban J connectivity index is 2.12. The molecule has 0 saturated heterocycles. The molecule has 0 aliphatic carbocycles. The van der Waals surface area contributed by atoms with Crippen molar-refractivity contribution in [2.75, 3.05) is 0 Å². The SMILES string of the molecule is O=[N+]([O-])c1cocc1SSc1cocc1[N+](=O)[O-]. The van der Waals surface area contributed by atoms with Crippen molar-refractivity contribution in [3.63, 3.8) is 0 Å². The molecule has 0 atom stereocenters. The predicted molar refractivity (Wildman–Crippen MR) is 62.4 cm³/mol. The molecule has 0 N–H and O–H groups in total. The average Bonchev–Trinajstić information content (AvgIpc) is 2.94. The normalized spacial score (nSPS) is 10.4. The van der Waals surface area contributed by atoms with Crippen LogP contribution in [0.4, 0.5) is 11.4 Å². The van der Waals surface area contributed by atoms with Crippen molar-refractivity contribution in [2.24, 2.45) is 0 Å². The number of nitro groups is 2. The maximum Gasteiger partial charge on any atom is 0.321 e. The van der Waals surface area contributed by atoms with Gasteiger partial charge < -0.3 is 8.83 Å². The zero-order valence-corrected chi connectivity index (χ0v) is 10.1. The van der Waals surface area contributed by atoms with Crippen molar-refractivity contribution in [1.29, 1.82) is 0 Å². The molecule has 0 amide bonds. The smallest absolute Gasteiger partial charge is 0.321 e. The summed E-state index contributed by atoms with van der Waals surface area (Å²) in [5, 5.41) is 21.2. The zero-order chi connectivity index (χ0) is 13.1. The summed E-state index contributed by atoms with van der Waals surface area (Å²) in [7, 11) is 1.98. The topological polar surface area (TPSA) is 113 Å². The first-order valence-electron chi connectivity index (χ1n) is 4.35. The molecular weight excluding hydrogens is 284 g/mol. The van der Waals surface area contributed by atoms with Crippen molar-refractivity contribution >= 4 is 33.0 Å². The van der Waals surface area contributed by atoms with Gasteiger partial charge in [0.05, 0.1) is 9.85 Å². The monoisotopic (exact) mass is 288 g/mol. The van der Waals surface area contributed by atoms with E-state index in [0.717, 1.165) is 34.1 Å². The molecule has 0 spiro atoms. The lowest BCUT2D eigenvalue weighted by molar-refractivity contribution is -0.388. The predicted octanol–water partition coefficient (Wildman–Crippen LogP) is 3.49. The van der Waals surface area contributed by atoms with Gasteiger partial charge >= 0.3 is 11.4 Å². The van der Waals surface area contributed by atoms with E-state index in [2.05, 4.69) is 0 Å². The van der Waals surface area contributed by atoms with Crippen molar-refractivity contribution in [2.45, 2.75) is 9.79 Å². The summed E-state index contributed by atoms with van der Waals surface area (Å²) < 4.78 is 9.44. The van der Waals surface area contributed by atoms with Gasteiger partial charge in [-0.1, -0.05) is 0 Å². The van der Waals surface area contributed by atoms with E-state index in [1.165, 1.54) is 12.5 Å².